The lowest BCUT2D eigenvalue weighted by atomic mass is 10.1. The maximum absolute atomic E-state index is 12.4. The fraction of sp³-hybridized carbons (Fsp3) is 0.333. The Kier molecular flexibility index (Phi) is 7.69. The van der Waals surface area contributed by atoms with Crippen molar-refractivity contribution in [2.45, 2.75) is 39.1 Å². The number of carbonyl (C=O) groups is 2. The number of nitrogens with one attached hydrogen (secondary N) is 1. The number of ether oxygens (including phenoxy) is 2. The fourth-order valence-corrected chi connectivity index (χ4v) is 4.38. The molecule has 10 heteroatoms. The largest absolute Gasteiger partial charge is 0.486 e. The smallest absolute Gasteiger partial charge is 0.340 e. The highest BCUT2D eigenvalue weighted by molar-refractivity contribution is 7.99. The minimum Gasteiger partial charge on any atom is -0.486 e. The van der Waals surface area contributed by atoms with Gasteiger partial charge in [-0.25, -0.2) is 4.79 Å². The van der Waals surface area contributed by atoms with Crippen LogP contribution in [0.25, 0.3) is 0 Å². The summed E-state index contributed by atoms with van der Waals surface area (Å²) >= 11 is 2.55. The molecule has 0 aliphatic rings. The van der Waals surface area contributed by atoms with E-state index in [0.29, 0.717) is 28.1 Å². The summed E-state index contributed by atoms with van der Waals surface area (Å²) < 4.78 is 12.5. The molecular weight excluding hydrogens is 436 g/mol. The minimum atomic E-state index is -0.483. The molecule has 0 aliphatic carbocycles. The van der Waals surface area contributed by atoms with Gasteiger partial charge in [-0.1, -0.05) is 17.8 Å². The van der Waals surface area contributed by atoms with Crippen LogP contribution in [0.4, 0.5) is 5.00 Å². The van der Waals surface area contributed by atoms with E-state index in [4.69, 9.17) is 9.47 Å². The van der Waals surface area contributed by atoms with Crippen LogP contribution < -0.4 is 10.1 Å². The molecule has 3 rings (SSSR count). The van der Waals surface area contributed by atoms with Crippen molar-refractivity contribution in [2.75, 3.05) is 18.2 Å². The number of benzene rings is 1. The molecule has 0 bridgehead atoms. The molecule has 0 fully saturated rings. The van der Waals surface area contributed by atoms with Crippen molar-refractivity contribution in [1.82, 2.24) is 14.8 Å². The molecule has 31 heavy (non-hydrogen) atoms. The third kappa shape index (κ3) is 5.65. The Hall–Kier alpha value is -2.85. The van der Waals surface area contributed by atoms with Crippen LogP contribution in [0.15, 0.2) is 34.8 Å². The Labute approximate surface area is 189 Å². The van der Waals surface area contributed by atoms with Crippen molar-refractivity contribution >= 4 is 40.0 Å². The van der Waals surface area contributed by atoms with Crippen LogP contribution in [-0.2, 0) is 22.7 Å². The van der Waals surface area contributed by atoms with Gasteiger partial charge in [0.1, 0.15) is 17.4 Å². The maximum Gasteiger partial charge on any atom is 0.340 e. The molecule has 1 amide bonds. The highest BCUT2D eigenvalue weighted by Gasteiger charge is 2.17. The van der Waals surface area contributed by atoms with Crippen molar-refractivity contribution in [2.24, 2.45) is 0 Å². The third-order valence-electron chi connectivity index (χ3n) is 4.61. The molecular formula is C21H24N4O4S2. The van der Waals surface area contributed by atoms with Crippen LogP contribution in [0.1, 0.15) is 34.2 Å². The number of aryl methyl sites for hydroxylation is 2. The zero-order valence-electron chi connectivity index (χ0n) is 17.8. The summed E-state index contributed by atoms with van der Waals surface area (Å²) in [7, 11) is 1.31. The molecule has 1 N–H and O–H groups in total. The van der Waals surface area contributed by atoms with Crippen molar-refractivity contribution in [3.8, 4) is 5.75 Å². The molecule has 0 atom stereocenters. The number of thiophene rings is 1. The van der Waals surface area contributed by atoms with E-state index in [1.54, 1.807) is 11.4 Å². The van der Waals surface area contributed by atoms with E-state index in [0.717, 1.165) is 11.3 Å². The summed E-state index contributed by atoms with van der Waals surface area (Å²) in [5.74, 6) is 0.878. The standard InChI is InChI=1S/C21H24N4O4S2/c1-5-25-17(11-29-15-7-6-13(2)14(3)10-15)23-24-21(25)31-12-18(26)22-19-16(8-9-30-19)20(27)28-4/h6-10H,5,11-12H2,1-4H3,(H,22,26). The van der Waals surface area contributed by atoms with Gasteiger partial charge in [0, 0.05) is 6.54 Å². The summed E-state index contributed by atoms with van der Waals surface area (Å²) in [5, 5.41) is 14.0. The Balaban J connectivity index is 1.59. The highest BCUT2D eigenvalue weighted by atomic mass is 32.2. The molecule has 2 heterocycles. The predicted molar refractivity (Wildman–Crippen MR) is 121 cm³/mol. The zero-order chi connectivity index (χ0) is 22.4. The van der Waals surface area contributed by atoms with Gasteiger partial charge in [0.05, 0.1) is 18.4 Å². The molecule has 3 aromatic rings. The third-order valence-corrected chi connectivity index (χ3v) is 6.41. The number of hydrogen-bond acceptors (Lipinski definition) is 8. The molecule has 1 aromatic carbocycles. The second-order valence-corrected chi connectivity index (χ2v) is 8.53. The first kappa shape index (κ1) is 22.8. The number of hydrogen-bond donors (Lipinski definition) is 1. The van der Waals surface area contributed by atoms with E-state index in [2.05, 4.69) is 22.4 Å². The average molecular weight is 461 g/mol. The van der Waals surface area contributed by atoms with Crippen LogP contribution >= 0.6 is 23.1 Å². The quantitative estimate of drug-likeness (QED) is 0.380. The van der Waals surface area contributed by atoms with E-state index >= 15 is 0 Å². The number of amides is 1. The number of carbonyl (C=O) groups excluding carboxylic acids is 2. The van der Waals surface area contributed by atoms with Crippen molar-refractivity contribution in [3.05, 3.63) is 52.2 Å². The highest BCUT2D eigenvalue weighted by Crippen LogP contribution is 2.25. The van der Waals surface area contributed by atoms with Crippen LogP contribution in [0.5, 0.6) is 5.75 Å². The lowest BCUT2D eigenvalue weighted by Crippen LogP contribution is -2.16. The van der Waals surface area contributed by atoms with Gasteiger partial charge in [0.15, 0.2) is 11.0 Å². The molecule has 0 saturated carbocycles. The Morgan fingerprint density at radius 1 is 1.19 bits per heavy atom. The Morgan fingerprint density at radius 2 is 2.00 bits per heavy atom. The van der Waals surface area contributed by atoms with Gasteiger partial charge in [0.25, 0.3) is 0 Å². The second-order valence-electron chi connectivity index (χ2n) is 6.67. The van der Waals surface area contributed by atoms with Crippen molar-refractivity contribution in [1.29, 1.82) is 0 Å². The van der Waals surface area contributed by atoms with Crippen LogP contribution in [0, 0.1) is 13.8 Å². The van der Waals surface area contributed by atoms with Crippen molar-refractivity contribution in [3.63, 3.8) is 0 Å². The first-order valence-corrected chi connectivity index (χ1v) is 11.5. The van der Waals surface area contributed by atoms with E-state index in [1.165, 1.54) is 35.8 Å². The number of anilines is 1. The summed E-state index contributed by atoms with van der Waals surface area (Å²) in [6.07, 6.45) is 0. The number of esters is 1. The Bertz CT molecular complexity index is 1080. The molecule has 0 saturated heterocycles. The normalized spacial score (nSPS) is 10.7. The summed E-state index contributed by atoms with van der Waals surface area (Å²) in [4.78, 5) is 24.1. The van der Waals surface area contributed by atoms with E-state index < -0.39 is 5.97 Å². The number of nitrogens with zero attached hydrogens (tertiary/aromatic N) is 3. The van der Waals surface area contributed by atoms with E-state index in [9.17, 15) is 9.59 Å². The summed E-state index contributed by atoms with van der Waals surface area (Å²) in [6.45, 7) is 7.02. The van der Waals surface area contributed by atoms with Gasteiger partial charge in [-0.05, 0) is 55.5 Å². The Morgan fingerprint density at radius 3 is 2.71 bits per heavy atom. The predicted octanol–water partition coefficient (Wildman–Crippen LogP) is 4.07. The number of methoxy groups -OCH3 is 1. The van der Waals surface area contributed by atoms with Crippen LogP contribution in [0.2, 0.25) is 0 Å². The van der Waals surface area contributed by atoms with Gasteiger partial charge in [-0.15, -0.1) is 21.5 Å². The number of aromatic nitrogens is 3. The lowest BCUT2D eigenvalue weighted by Gasteiger charge is -2.10. The van der Waals surface area contributed by atoms with Gasteiger partial charge in [0.2, 0.25) is 5.91 Å². The number of rotatable bonds is 9. The SMILES string of the molecule is CCn1c(COc2ccc(C)c(C)c2)nnc1SCC(=O)Nc1sccc1C(=O)OC. The van der Waals surface area contributed by atoms with Crippen LogP contribution in [0.3, 0.4) is 0 Å². The molecule has 164 valence electrons. The van der Waals surface area contributed by atoms with E-state index in [1.807, 2.05) is 36.6 Å². The average Bonchev–Trinajstić information content (AvgIpc) is 3.38. The summed E-state index contributed by atoms with van der Waals surface area (Å²) in [6, 6.07) is 7.57. The first-order valence-electron chi connectivity index (χ1n) is 9.63. The molecule has 0 unspecified atom stereocenters. The van der Waals surface area contributed by atoms with Gasteiger partial charge in [-0.2, -0.15) is 0 Å². The first-order chi connectivity index (χ1) is 14.9. The minimum absolute atomic E-state index is 0.134. The van der Waals surface area contributed by atoms with Gasteiger partial charge < -0.3 is 19.4 Å². The van der Waals surface area contributed by atoms with E-state index in [-0.39, 0.29) is 18.3 Å². The topological polar surface area (TPSA) is 95.3 Å². The monoisotopic (exact) mass is 460 g/mol. The van der Waals surface area contributed by atoms with Gasteiger partial charge in [-0.3, -0.25) is 4.79 Å². The van der Waals surface area contributed by atoms with Crippen molar-refractivity contribution < 1.29 is 19.1 Å². The second kappa shape index (κ2) is 10.5. The molecule has 0 aliphatic heterocycles. The maximum atomic E-state index is 12.4. The molecule has 8 nitrogen and oxygen atoms in total. The molecule has 0 radical (unpaired) electrons. The molecule has 2 aromatic heterocycles. The summed E-state index contributed by atoms with van der Waals surface area (Å²) in [5.41, 5.74) is 2.72. The van der Waals surface area contributed by atoms with Crippen LogP contribution in [-0.4, -0.2) is 39.5 Å². The number of thioether (sulfide) groups is 1. The molecule has 0 spiro atoms. The zero-order valence-corrected chi connectivity index (χ0v) is 19.4. The fourth-order valence-electron chi connectivity index (χ4n) is 2.77. The van der Waals surface area contributed by atoms with Gasteiger partial charge >= 0.3 is 5.97 Å². The lowest BCUT2D eigenvalue weighted by molar-refractivity contribution is -0.113.